The van der Waals surface area contributed by atoms with Gasteiger partial charge in [0.15, 0.2) is 8.32 Å². The first-order valence-electron chi connectivity index (χ1n) is 7.65. The molecule has 116 valence electrons. The van der Waals surface area contributed by atoms with Crippen molar-refractivity contribution in [1.29, 1.82) is 0 Å². The maximum atomic E-state index is 6.51. The number of hydrogen-bond donors (Lipinski definition) is 1. The highest BCUT2D eigenvalue weighted by Crippen LogP contribution is 2.39. The largest absolute Gasteiger partial charge is 0.411 e. The summed E-state index contributed by atoms with van der Waals surface area (Å²) < 4.78 is 6.51. The van der Waals surface area contributed by atoms with Gasteiger partial charge in [0.05, 0.1) is 24.2 Å². The summed E-state index contributed by atoms with van der Waals surface area (Å²) in [6, 6.07) is 0. The molecule has 0 spiro atoms. The Hall–Kier alpha value is -1.20. The van der Waals surface area contributed by atoms with Crippen molar-refractivity contribution >= 4 is 19.7 Å². The maximum absolute atomic E-state index is 6.51. The van der Waals surface area contributed by atoms with Crippen molar-refractivity contribution in [3.8, 4) is 0 Å². The summed E-state index contributed by atoms with van der Waals surface area (Å²) in [6.07, 6.45) is 9.09. The molecule has 0 saturated carbocycles. The summed E-state index contributed by atoms with van der Waals surface area (Å²) in [7, 11) is -1.73. The molecule has 0 bridgehead atoms. The minimum absolute atomic E-state index is 0.203. The van der Waals surface area contributed by atoms with E-state index in [1.165, 1.54) is 5.57 Å². The molecule has 2 N–H and O–H groups in total. The van der Waals surface area contributed by atoms with E-state index in [4.69, 9.17) is 10.2 Å². The lowest BCUT2D eigenvalue weighted by atomic mass is 9.95. The first kappa shape index (κ1) is 16.2. The molecule has 1 atom stereocenters. The smallest absolute Gasteiger partial charge is 0.192 e. The van der Waals surface area contributed by atoms with Crippen LogP contribution in [-0.4, -0.2) is 24.4 Å². The number of nitrogens with two attached hydrogens (primary N) is 1. The van der Waals surface area contributed by atoms with E-state index in [9.17, 15) is 0 Å². The summed E-state index contributed by atoms with van der Waals surface area (Å²) in [5.41, 5.74) is 7.76. The molecule has 0 amide bonds. The standard InChI is InChI=1S/C16H27N3OSi/c1-16(2,3)21(4,5)20-13-8-6-7-12(9-13)14-10-19-15(17)11-18-14/h9-11,13H,6-8H2,1-5H3,(H2,17,19)/t13-/m0/s1. The van der Waals surface area contributed by atoms with Gasteiger partial charge in [-0.2, -0.15) is 0 Å². The number of anilines is 1. The van der Waals surface area contributed by atoms with Gasteiger partial charge in [-0.1, -0.05) is 26.8 Å². The molecule has 1 aromatic rings. The third kappa shape index (κ3) is 3.92. The van der Waals surface area contributed by atoms with E-state index in [0.29, 0.717) is 5.82 Å². The Labute approximate surface area is 129 Å². The first-order valence-corrected chi connectivity index (χ1v) is 10.6. The SMILES string of the molecule is CC(C)(C)[Si](C)(C)O[C@@H]1C=C(c2cnc(N)cn2)CCC1. The van der Waals surface area contributed by atoms with Crippen LogP contribution in [0.1, 0.15) is 45.7 Å². The second-order valence-electron chi connectivity index (χ2n) is 7.33. The molecule has 1 aliphatic rings. The number of rotatable bonds is 3. The Balaban J connectivity index is 2.16. The van der Waals surface area contributed by atoms with Crippen molar-refractivity contribution in [3.05, 3.63) is 24.2 Å². The Morgan fingerprint density at radius 3 is 2.52 bits per heavy atom. The van der Waals surface area contributed by atoms with Gasteiger partial charge in [-0.3, -0.25) is 4.98 Å². The van der Waals surface area contributed by atoms with E-state index in [-0.39, 0.29) is 11.1 Å². The lowest BCUT2D eigenvalue weighted by molar-refractivity contribution is 0.209. The topological polar surface area (TPSA) is 61.0 Å². The maximum Gasteiger partial charge on any atom is 0.192 e. The molecule has 21 heavy (non-hydrogen) atoms. The van der Waals surface area contributed by atoms with E-state index >= 15 is 0 Å². The molecular weight excluding hydrogens is 278 g/mol. The Kier molecular flexibility index (Phi) is 4.53. The number of hydrogen-bond acceptors (Lipinski definition) is 4. The van der Waals surface area contributed by atoms with Crippen LogP contribution in [0.4, 0.5) is 5.82 Å². The predicted molar refractivity (Wildman–Crippen MR) is 90.3 cm³/mol. The molecule has 0 fully saturated rings. The Morgan fingerprint density at radius 2 is 1.95 bits per heavy atom. The zero-order valence-electron chi connectivity index (χ0n) is 13.8. The van der Waals surface area contributed by atoms with Crippen molar-refractivity contribution in [3.63, 3.8) is 0 Å². The van der Waals surface area contributed by atoms with Gasteiger partial charge in [-0.05, 0) is 43.0 Å². The average molecular weight is 305 g/mol. The lowest BCUT2D eigenvalue weighted by Crippen LogP contribution is -2.43. The summed E-state index contributed by atoms with van der Waals surface area (Å²) in [5.74, 6) is 0.462. The van der Waals surface area contributed by atoms with E-state index in [2.05, 4.69) is 49.9 Å². The third-order valence-electron chi connectivity index (χ3n) is 4.57. The van der Waals surface area contributed by atoms with Gasteiger partial charge in [0.2, 0.25) is 0 Å². The highest BCUT2D eigenvalue weighted by molar-refractivity contribution is 6.74. The zero-order valence-corrected chi connectivity index (χ0v) is 14.8. The first-order chi connectivity index (χ1) is 9.69. The van der Waals surface area contributed by atoms with E-state index in [1.54, 1.807) is 12.4 Å². The number of nitrogens with zero attached hydrogens (tertiary/aromatic N) is 2. The van der Waals surface area contributed by atoms with Crippen molar-refractivity contribution in [2.75, 3.05) is 5.73 Å². The van der Waals surface area contributed by atoms with Gasteiger partial charge in [0, 0.05) is 0 Å². The molecule has 2 rings (SSSR count). The Morgan fingerprint density at radius 1 is 1.24 bits per heavy atom. The van der Waals surface area contributed by atoms with Crippen LogP contribution in [0.2, 0.25) is 18.1 Å². The zero-order chi connectivity index (χ0) is 15.7. The van der Waals surface area contributed by atoms with Crippen LogP contribution in [0.15, 0.2) is 18.5 Å². The second kappa shape index (κ2) is 5.89. The average Bonchev–Trinajstić information content (AvgIpc) is 2.38. The quantitative estimate of drug-likeness (QED) is 0.857. The minimum atomic E-state index is -1.73. The molecular formula is C16H27N3OSi. The van der Waals surface area contributed by atoms with E-state index in [0.717, 1.165) is 25.0 Å². The van der Waals surface area contributed by atoms with Crippen molar-refractivity contribution in [2.45, 2.75) is 64.3 Å². The van der Waals surface area contributed by atoms with Crippen molar-refractivity contribution in [2.24, 2.45) is 0 Å². The van der Waals surface area contributed by atoms with Crippen molar-refractivity contribution in [1.82, 2.24) is 9.97 Å². The van der Waals surface area contributed by atoms with Crippen LogP contribution >= 0.6 is 0 Å². The second-order valence-corrected chi connectivity index (χ2v) is 12.1. The van der Waals surface area contributed by atoms with Gasteiger partial charge in [0.1, 0.15) is 5.82 Å². The molecule has 1 aliphatic carbocycles. The van der Waals surface area contributed by atoms with Gasteiger partial charge >= 0.3 is 0 Å². The summed E-state index contributed by atoms with van der Waals surface area (Å²) in [6.45, 7) is 11.4. The Bertz CT molecular complexity index is 517. The monoisotopic (exact) mass is 305 g/mol. The fraction of sp³-hybridized carbons (Fsp3) is 0.625. The van der Waals surface area contributed by atoms with Crippen LogP contribution in [0.5, 0.6) is 0 Å². The third-order valence-corrected chi connectivity index (χ3v) is 9.08. The fourth-order valence-corrected chi connectivity index (χ4v) is 3.55. The van der Waals surface area contributed by atoms with Crippen LogP contribution in [0.25, 0.3) is 5.57 Å². The van der Waals surface area contributed by atoms with Crippen LogP contribution < -0.4 is 5.73 Å². The predicted octanol–water partition coefficient (Wildman–Crippen LogP) is 4.02. The summed E-state index contributed by atoms with van der Waals surface area (Å²) in [4.78, 5) is 8.52. The number of allylic oxidation sites excluding steroid dienone is 1. The molecule has 0 unspecified atom stereocenters. The normalized spacial score (nSPS) is 20.2. The molecule has 0 radical (unpaired) electrons. The fourth-order valence-electron chi connectivity index (χ4n) is 2.25. The molecule has 4 nitrogen and oxygen atoms in total. The van der Waals surface area contributed by atoms with Crippen LogP contribution in [0, 0.1) is 0 Å². The van der Waals surface area contributed by atoms with Crippen LogP contribution in [0.3, 0.4) is 0 Å². The van der Waals surface area contributed by atoms with Gasteiger partial charge in [0.25, 0.3) is 0 Å². The number of aromatic nitrogens is 2. The molecule has 1 heterocycles. The molecule has 5 heteroatoms. The van der Waals surface area contributed by atoms with Gasteiger partial charge in [-0.25, -0.2) is 4.98 Å². The molecule has 0 saturated heterocycles. The van der Waals surface area contributed by atoms with Crippen LogP contribution in [-0.2, 0) is 4.43 Å². The minimum Gasteiger partial charge on any atom is -0.411 e. The van der Waals surface area contributed by atoms with Gasteiger partial charge in [-0.15, -0.1) is 0 Å². The highest BCUT2D eigenvalue weighted by Gasteiger charge is 2.39. The van der Waals surface area contributed by atoms with Gasteiger partial charge < -0.3 is 10.2 Å². The van der Waals surface area contributed by atoms with E-state index < -0.39 is 8.32 Å². The molecule has 0 aromatic carbocycles. The molecule has 1 aromatic heterocycles. The van der Waals surface area contributed by atoms with Crippen molar-refractivity contribution < 1.29 is 4.43 Å². The highest BCUT2D eigenvalue weighted by atomic mass is 28.4. The summed E-state index contributed by atoms with van der Waals surface area (Å²) in [5, 5.41) is 0.236. The number of nitrogen functional groups attached to an aromatic ring is 1. The molecule has 0 aliphatic heterocycles. The lowest BCUT2D eigenvalue weighted by Gasteiger charge is -2.39. The van der Waals surface area contributed by atoms with E-state index in [1.807, 2.05) is 0 Å². The summed E-state index contributed by atoms with van der Waals surface area (Å²) >= 11 is 0.